The lowest BCUT2D eigenvalue weighted by Gasteiger charge is -2.28. The second-order valence-electron chi connectivity index (χ2n) is 6.70. The maximum absolute atomic E-state index is 12.5. The zero-order valence-electron chi connectivity index (χ0n) is 14.8. The first-order valence-electron chi connectivity index (χ1n) is 8.93. The molecule has 132 valence electrons. The van der Waals surface area contributed by atoms with Gasteiger partial charge in [0.1, 0.15) is 0 Å². The molecule has 2 aromatic carbocycles. The second kappa shape index (κ2) is 7.12. The highest BCUT2D eigenvalue weighted by atomic mass is 16.4. The van der Waals surface area contributed by atoms with Gasteiger partial charge in [-0.25, -0.2) is 0 Å². The minimum Gasteiger partial charge on any atom is -0.421 e. The van der Waals surface area contributed by atoms with Crippen molar-refractivity contribution in [2.75, 3.05) is 6.54 Å². The molecule has 2 heterocycles. The largest absolute Gasteiger partial charge is 0.421 e. The molecule has 0 atom stereocenters. The van der Waals surface area contributed by atoms with Gasteiger partial charge in [0.05, 0.1) is 0 Å². The molecule has 0 saturated carbocycles. The number of carbonyl (C=O) groups is 1. The Kier molecular flexibility index (Phi) is 4.52. The Labute approximate surface area is 152 Å². The van der Waals surface area contributed by atoms with E-state index in [0.717, 1.165) is 18.5 Å². The summed E-state index contributed by atoms with van der Waals surface area (Å²) in [6.07, 6.45) is 1.77. The zero-order valence-corrected chi connectivity index (χ0v) is 14.8. The predicted octanol–water partition coefficient (Wildman–Crippen LogP) is 3.56. The summed E-state index contributed by atoms with van der Waals surface area (Å²) >= 11 is 0. The monoisotopic (exact) mass is 347 g/mol. The van der Waals surface area contributed by atoms with Crippen LogP contribution in [0.5, 0.6) is 0 Å². The van der Waals surface area contributed by atoms with Gasteiger partial charge in [0.25, 0.3) is 0 Å². The maximum atomic E-state index is 12.5. The van der Waals surface area contributed by atoms with Gasteiger partial charge < -0.3 is 9.32 Å². The minimum absolute atomic E-state index is 0.134. The number of hydrogen-bond donors (Lipinski definition) is 0. The fourth-order valence-corrected chi connectivity index (χ4v) is 3.25. The third-order valence-electron chi connectivity index (χ3n) is 4.80. The summed E-state index contributed by atoms with van der Waals surface area (Å²) in [7, 11) is 0. The quantitative estimate of drug-likeness (QED) is 0.724. The Bertz CT molecular complexity index is 915. The number of rotatable bonds is 4. The van der Waals surface area contributed by atoms with E-state index in [1.165, 1.54) is 16.7 Å². The van der Waals surface area contributed by atoms with Crippen molar-refractivity contribution in [3.05, 3.63) is 71.1 Å². The average molecular weight is 347 g/mol. The molecular weight excluding hydrogens is 326 g/mol. The molecule has 0 spiro atoms. The zero-order chi connectivity index (χ0) is 17.9. The molecule has 0 fully saturated rings. The molecule has 26 heavy (non-hydrogen) atoms. The van der Waals surface area contributed by atoms with Gasteiger partial charge in [-0.05, 0) is 36.6 Å². The van der Waals surface area contributed by atoms with Gasteiger partial charge in [0.15, 0.2) is 0 Å². The molecule has 0 saturated heterocycles. The third-order valence-corrected chi connectivity index (χ3v) is 4.80. The van der Waals surface area contributed by atoms with Crippen LogP contribution in [0.15, 0.2) is 52.9 Å². The van der Waals surface area contributed by atoms with Crippen LogP contribution >= 0.6 is 0 Å². The predicted molar refractivity (Wildman–Crippen MR) is 98.4 cm³/mol. The third kappa shape index (κ3) is 3.52. The molecule has 4 rings (SSSR count). The lowest BCUT2D eigenvalue weighted by Crippen LogP contribution is -2.36. The molecule has 0 radical (unpaired) electrons. The van der Waals surface area contributed by atoms with Gasteiger partial charge >= 0.3 is 0 Å². The summed E-state index contributed by atoms with van der Waals surface area (Å²) in [5.41, 5.74) is 4.67. The fourth-order valence-electron chi connectivity index (χ4n) is 3.25. The summed E-state index contributed by atoms with van der Waals surface area (Å²) < 4.78 is 5.71. The van der Waals surface area contributed by atoms with Crippen LogP contribution in [-0.2, 0) is 24.2 Å². The first kappa shape index (κ1) is 16.5. The highest BCUT2D eigenvalue weighted by Crippen LogP contribution is 2.21. The average Bonchev–Trinajstić information content (AvgIpc) is 3.15. The van der Waals surface area contributed by atoms with Crippen molar-refractivity contribution in [2.45, 2.75) is 32.7 Å². The van der Waals surface area contributed by atoms with Crippen molar-refractivity contribution >= 4 is 5.91 Å². The molecule has 1 aliphatic rings. The maximum Gasteiger partial charge on any atom is 0.247 e. The van der Waals surface area contributed by atoms with Crippen LogP contribution in [0.2, 0.25) is 0 Å². The molecule has 3 aromatic rings. The van der Waals surface area contributed by atoms with Crippen molar-refractivity contribution in [3.63, 3.8) is 0 Å². The Morgan fingerprint density at radius 2 is 1.85 bits per heavy atom. The molecule has 0 aliphatic carbocycles. The van der Waals surface area contributed by atoms with Gasteiger partial charge in [-0.2, -0.15) is 0 Å². The Balaban J connectivity index is 1.36. The van der Waals surface area contributed by atoms with Crippen molar-refractivity contribution in [1.29, 1.82) is 0 Å². The Morgan fingerprint density at radius 1 is 1.08 bits per heavy atom. The van der Waals surface area contributed by atoms with E-state index in [1.807, 2.05) is 42.2 Å². The Morgan fingerprint density at radius 3 is 2.65 bits per heavy atom. The van der Waals surface area contributed by atoms with Crippen LogP contribution < -0.4 is 0 Å². The van der Waals surface area contributed by atoms with E-state index in [0.29, 0.717) is 31.2 Å². The standard InChI is InChI=1S/C21H21N3O2/c1-15-6-8-17(9-7-15)21-23-22-19(26-21)10-11-20(25)24-13-12-16-4-2-3-5-18(16)14-24/h2-9H,10-14H2,1H3. The first-order valence-corrected chi connectivity index (χ1v) is 8.93. The van der Waals surface area contributed by atoms with Gasteiger partial charge in [0.2, 0.25) is 17.7 Å². The number of fused-ring (bicyclic) bond motifs is 1. The number of aromatic nitrogens is 2. The molecule has 5 nitrogen and oxygen atoms in total. The van der Waals surface area contributed by atoms with E-state index < -0.39 is 0 Å². The van der Waals surface area contributed by atoms with Crippen LogP contribution in [0.4, 0.5) is 0 Å². The number of aryl methyl sites for hydroxylation is 2. The topological polar surface area (TPSA) is 59.2 Å². The highest BCUT2D eigenvalue weighted by molar-refractivity contribution is 5.76. The lowest BCUT2D eigenvalue weighted by molar-refractivity contribution is -0.132. The SMILES string of the molecule is Cc1ccc(-c2nnc(CCC(=O)N3CCc4ccccc4C3)o2)cc1. The molecule has 5 heteroatoms. The Hall–Kier alpha value is -2.95. The van der Waals surface area contributed by atoms with Crippen molar-refractivity contribution in [1.82, 2.24) is 15.1 Å². The second-order valence-corrected chi connectivity index (χ2v) is 6.70. The van der Waals surface area contributed by atoms with Crippen LogP contribution in [0.1, 0.15) is 29.0 Å². The van der Waals surface area contributed by atoms with Crippen molar-refractivity contribution in [2.24, 2.45) is 0 Å². The van der Waals surface area contributed by atoms with Gasteiger partial charge in [-0.1, -0.05) is 42.0 Å². The molecule has 0 unspecified atom stereocenters. The van der Waals surface area contributed by atoms with Crippen molar-refractivity contribution < 1.29 is 9.21 Å². The molecule has 1 aromatic heterocycles. The van der Waals surface area contributed by atoms with Crippen LogP contribution in [0.25, 0.3) is 11.5 Å². The molecule has 0 bridgehead atoms. The van der Waals surface area contributed by atoms with Crippen LogP contribution in [0.3, 0.4) is 0 Å². The minimum atomic E-state index is 0.134. The fraction of sp³-hybridized carbons (Fsp3) is 0.286. The van der Waals surface area contributed by atoms with E-state index in [4.69, 9.17) is 4.42 Å². The summed E-state index contributed by atoms with van der Waals surface area (Å²) in [5.74, 6) is 1.14. The van der Waals surface area contributed by atoms with E-state index in [2.05, 4.69) is 28.4 Å². The van der Waals surface area contributed by atoms with Crippen LogP contribution in [-0.4, -0.2) is 27.5 Å². The number of benzene rings is 2. The summed E-state index contributed by atoms with van der Waals surface area (Å²) in [4.78, 5) is 14.4. The van der Waals surface area contributed by atoms with E-state index in [1.54, 1.807) is 0 Å². The molecular formula is C21H21N3O2. The van der Waals surface area contributed by atoms with Gasteiger partial charge in [0, 0.05) is 31.5 Å². The van der Waals surface area contributed by atoms with Gasteiger partial charge in [-0.15, -0.1) is 10.2 Å². The molecule has 1 aliphatic heterocycles. The van der Waals surface area contributed by atoms with Gasteiger partial charge in [-0.3, -0.25) is 4.79 Å². The molecule has 0 N–H and O–H groups in total. The highest BCUT2D eigenvalue weighted by Gasteiger charge is 2.20. The van der Waals surface area contributed by atoms with Crippen LogP contribution in [0, 0.1) is 6.92 Å². The van der Waals surface area contributed by atoms with E-state index in [9.17, 15) is 4.79 Å². The number of amides is 1. The van der Waals surface area contributed by atoms with Crippen molar-refractivity contribution in [3.8, 4) is 11.5 Å². The number of hydrogen-bond acceptors (Lipinski definition) is 4. The number of nitrogens with zero attached hydrogens (tertiary/aromatic N) is 3. The normalized spacial score (nSPS) is 13.5. The first-order chi connectivity index (χ1) is 12.7. The number of carbonyl (C=O) groups excluding carboxylic acids is 1. The lowest BCUT2D eigenvalue weighted by atomic mass is 9.99. The summed E-state index contributed by atoms with van der Waals surface area (Å²) in [6, 6.07) is 16.3. The smallest absolute Gasteiger partial charge is 0.247 e. The van der Waals surface area contributed by atoms with E-state index >= 15 is 0 Å². The van der Waals surface area contributed by atoms with E-state index in [-0.39, 0.29) is 5.91 Å². The molecule has 1 amide bonds. The summed E-state index contributed by atoms with van der Waals surface area (Å²) in [6.45, 7) is 3.50. The summed E-state index contributed by atoms with van der Waals surface area (Å²) in [5, 5.41) is 8.18.